The number of carbonyl (C=O) groups is 2. The molecule has 0 aliphatic carbocycles. The number of esters is 1. The van der Waals surface area contributed by atoms with Gasteiger partial charge in [0.15, 0.2) is 6.29 Å². The lowest BCUT2D eigenvalue weighted by Gasteiger charge is -2.02. The molecule has 4 nitrogen and oxygen atoms in total. The van der Waals surface area contributed by atoms with Gasteiger partial charge in [0.1, 0.15) is 5.82 Å². The average Bonchev–Trinajstić information content (AvgIpc) is 2.27. The van der Waals surface area contributed by atoms with E-state index in [2.05, 4.69) is 4.74 Å². The molecular formula is C10H6FNO3. The molecule has 76 valence electrons. The summed E-state index contributed by atoms with van der Waals surface area (Å²) < 4.78 is 17.5. The monoisotopic (exact) mass is 207 g/mol. The Hall–Kier alpha value is -2.22. The maximum atomic E-state index is 13.2. The van der Waals surface area contributed by atoms with Gasteiger partial charge in [-0.25, -0.2) is 9.18 Å². The van der Waals surface area contributed by atoms with Crippen LogP contribution in [0, 0.1) is 17.1 Å². The van der Waals surface area contributed by atoms with E-state index in [9.17, 15) is 14.0 Å². The molecule has 0 aromatic heterocycles. The Morgan fingerprint density at radius 2 is 2.27 bits per heavy atom. The number of benzene rings is 1. The molecule has 1 aromatic rings. The third-order valence-electron chi connectivity index (χ3n) is 1.79. The lowest BCUT2D eigenvalue weighted by molar-refractivity contribution is 0.0595. The first-order valence-electron chi connectivity index (χ1n) is 3.91. The summed E-state index contributed by atoms with van der Waals surface area (Å²) in [4.78, 5) is 21.5. The third kappa shape index (κ3) is 1.99. The molecule has 0 aliphatic rings. The minimum Gasteiger partial charge on any atom is -0.465 e. The summed E-state index contributed by atoms with van der Waals surface area (Å²) in [6, 6.07) is 3.51. The summed E-state index contributed by atoms with van der Waals surface area (Å²) in [5.74, 6) is -1.77. The van der Waals surface area contributed by atoms with Gasteiger partial charge in [-0.15, -0.1) is 0 Å². The number of halogens is 1. The van der Waals surface area contributed by atoms with Crippen LogP contribution in [0.4, 0.5) is 4.39 Å². The molecule has 5 heteroatoms. The van der Waals surface area contributed by atoms with Gasteiger partial charge in [-0.05, 0) is 12.1 Å². The van der Waals surface area contributed by atoms with Crippen LogP contribution in [0.25, 0.3) is 0 Å². The molecule has 0 heterocycles. The van der Waals surface area contributed by atoms with E-state index in [1.807, 2.05) is 0 Å². The normalized spacial score (nSPS) is 9.13. The topological polar surface area (TPSA) is 67.2 Å². The largest absolute Gasteiger partial charge is 0.465 e. The highest BCUT2D eigenvalue weighted by molar-refractivity contribution is 5.92. The highest BCUT2D eigenvalue weighted by Gasteiger charge is 2.15. The zero-order valence-corrected chi connectivity index (χ0v) is 7.78. The van der Waals surface area contributed by atoms with Gasteiger partial charge in [0.05, 0.1) is 24.3 Å². The van der Waals surface area contributed by atoms with Gasteiger partial charge in [-0.2, -0.15) is 5.26 Å². The molecule has 15 heavy (non-hydrogen) atoms. The first-order chi connectivity index (χ1) is 7.13. The van der Waals surface area contributed by atoms with Crippen LogP contribution in [0.1, 0.15) is 26.3 Å². The number of ether oxygens (including phenoxy) is 1. The van der Waals surface area contributed by atoms with E-state index in [0.29, 0.717) is 6.29 Å². The van der Waals surface area contributed by atoms with Crippen molar-refractivity contribution in [2.24, 2.45) is 0 Å². The van der Waals surface area contributed by atoms with E-state index >= 15 is 0 Å². The first-order valence-corrected chi connectivity index (χ1v) is 3.91. The van der Waals surface area contributed by atoms with Gasteiger partial charge in [0.2, 0.25) is 0 Å². The van der Waals surface area contributed by atoms with E-state index in [4.69, 9.17) is 5.26 Å². The van der Waals surface area contributed by atoms with E-state index < -0.39 is 11.8 Å². The second kappa shape index (κ2) is 4.33. The zero-order valence-electron chi connectivity index (χ0n) is 7.78. The molecule has 0 fully saturated rings. The molecule has 0 radical (unpaired) electrons. The summed E-state index contributed by atoms with van der Waals surface area (Å²) in [5, 5.41) is 8.64. The molecule has 1 rings (SSSR count). The number of carbonyl (C=O) groups excluding carboxylic acids is 2. The quantitative estimate of drug-likeness (QED) is 0.541. The highest BCUT2D eigenvalue weighted by atomic mass is 19.1. The number of nitriles is 1. The van der Waals surface area contributed by atoms with Crippen molar-refractivity contribution >= 4 is 12.3 Å². The Morgan fingerprint density at radius 3 is 2.73 bits per heavy atom. The van der Waals surface area contributed by atoms with Gasteiger partial charge >= 0.3 is 5.97 Å². The van der Waals surface area contributed by atoms with E-state index in [-0.39, 0.29) is 16.7 Å². The van der Waals surface area contributed by atoms with E-state index in [1.165, 1.54) is 0 Å². The van der Waals surface area contributed by atoms with Crippen molar-refractivity contribution in [2.75, 3.05) is 7.11 Å². The molecule has 0 bridgehead atoms. The molecular weight excluding hydrogens is 201 g/mol. The van der Waals surface area contributed by atoms with Crippen LogP contribution < -0.4 is 0 Å². The standard InChI is InChI=1S/C10H6FNO3/c1-15-10(14)8-2-6(4-12)7(5-13)3-9(8)11/h2-3,5H,1H3. The van der Waals surface area contributed by atoms with Gasteiger partial charge in [-0.3, -0.25) is 4.79 Å². The van der Waals surface area contributed by atoms with Crippen LogP contribution in [-0.4, -0.2) is 19.4 Å². The maximum absolute atomic E-state index is 13.2. The Balaban J connectivity index is 3.40. The SMILES string of the molecule is COC(=O)c1cc(C#N)c(C=O)cc1F. The fraction of sp³-hybridized carbons (Fsp3) is 0.100. The fourth-order valence-corrected chi connectivity index (χ4v) is 1.05. The average molecular weight is 207 g/mol. The molecule has 0 N–H and O–H groups in total. The lowest BCUT2D eigenvalue weighted by Crippen LogP contribution is -2.06. The van der Waals surface area contributed by atoms with Crippen molar-refractivity contribution in [3.63, 3.8) is 0 Å². The summed E-state index contributed by atoms with van der Waals surface area (Å²) in [5.41, 5.74) is -0.519. The molecule has 0 atom stereocenters. The maximum Gasteiger partial charge on any atom is 0.340 e. The first kappa shape index (κ1) is 10.9. The number of nitrogens with zero attached hydrogens (tertiary/aromatic N) is 1. The molecule has 0 amide bonds. The third-order valence-corrected chi connectivity index (χ3v) is 1.79. The highest BCUT2D eigenvalue weighted by Crippen LogP contribution is 2.15. The Bertz CT molecular complexity index is 462. The predicted octanol–water partition coefficient (Wildman–Crippen LogP) is 1.30. The Labute approximate surface area is 84.9 Å². The summed E-state index contributed by atoms with van der Waals surface area (Å²) in [7, 11) is 1.10. The van der Waals surface area contributed by atoms with Crippen LogP contribution in [-0.2, 0) is 4.74 Å². The number of methoxy groups -OCH3 is 1. The molecule has 1 aromatic carbocycles. The minimum absolute atomic E-state index is 0.0631. The Kier molecular flexibility index (Phi) is 3.13. The number of hydrogen-bond acceptors (Lipinski definition) is 4. The number of aldehydes is 1. The lowest BCUT2D eigenvalue weighted by atomic mass is 10.1. The van der Waals surface area contributed by atoms with Gasteiger partial charge < -0.3 is 4.74 Å². The molecule has 0 spiro atoms. The van der Waals surface area contributed by atoms with E-state index in [0.717, 1.165) is 19.2 Å². The van der Waals surface area contributed by atoms with Gasteiger partial charge in [0.25, 0.3) is 0 Å². The molecule has 0 saturated carbocycles. The van der Waals surface area contributed by atoms with Crippen molar-refractivity contribution in [1.82, 2.24) is 0 Å². The summed E-state index contributed by atoms with van der Waals surface area (Å²) in [6.07, 6.45) is 0.350. The van der Waals surface area contributed by atoms with Crippen LogP contribution >= 0.6 is 0 Å². The van der Waals surface area contributed by atoms with Crippen LogP contribution in [0.2, 0.25) is 0 Å². The molecule has 0 aliphatic heterocycles. The minimum atomic E-state index is -0.888. The van der Waals surface area contributed by atoms with Crippen LogP contribution in [0.15, 0.2) is 12.1 Å². The second-order valence-electron chi connectivity index (χ2n) is 2.64. The molecule has 0 unspecified atom stereocenters. The van der Waals surface area contributed by atoms with Crippen molar-refractivity contribution in [2.45, 2.75) is 0 Å². The van der Waals surface area contributed by atoms with E-state index in [1.54, 1.807) is 6.07 Å². The predicted molar refractivity (Wildman–Crippen MR) is 47.8 cm³/mol. The number of hydrogen-bond donors (Lipinski definition) is 0. The van der Waals surface area contributed by atoms with Crippen LogP contribution in [0.5, 0.6) is 0 Å². The number of rotatable bonds is 2. The Morgan fingerprint density at radius 1 is 1.60 bits per heavy atom. The summed E-state index contributed by atoms with van der Waals surface area (Å²) >= 11 is 0. The fourth-order valence-electron chi connectivity index (χ4n) is 1.05. The van der Waals surface area contributed by atoms with Crippen molar-refractivity contribution in [1.29, 1.82) is 5.26 Å². The second-order valence-corrected chi connectivity index (χ2v) is 2.64. The van der Waals surface area contributed by atoms with Crippen LogP contribution in [0.3, 0.4) is 0 Å². The smallest absolute Gasteiger partial charge is 0.340 e. The van der Waals surface area contributed by atoms with Crippen molar-refractivity contribution in [3.05, 3.63) is 34.6 Å². The van der Waals surface area contributed by atoms with Crippen molar-refractivity contribution in [3.8, 4) is 6.07 Å². The zero-order chi connectivity index (χ0) is 11.4. The van der Waals surface area contributed by atoms with Crippen molar-refractivity contribution < 1.29 is 18.7 Å². The summed E-state index contributed by atoms with van der Waals surface area (Å²) in [6.45, 7) is 0. The van der Waals surface area contributed by atoms with Gasteiger partial charge in [-0.1, -0.05) is 0 Å². The molecule has 0 saturated heterocycles. The van der Waals surface area contributed by atoms with Gasteiger partial charge in [0, 0.05) is 5.56 Å².